The lowest BCUT2D eigenvalue weighted by Gasteiger charge is -2.38. The topological polar surface area (TPSA) is 90.7 Å². The predicted octanol–water partition coefficient (Wildman–Crippen LogP) is 0.900. The van der Waals surface area contributed by atoms with Crippen LogP contribution in [0.2, 0.25) is 0 Å². The van der Waals surface area contributed by atoms with Gasteiger partial charge in [0.25, 0.3) is 0 Å². The second kappa shape index (κ2) is 4.92. The van der Waals surface area contributed by atoms with Crippen molar-refractivity contribution >= 4 is 17.7 Å². The minimum atomic E-state index is -0.492. The minimum Gasteiger partial charge on any atom is -0.351 e. The first-order valence-electron chi connectivity index (χ1n) is 7.00. The Bertz CT molecular complexity index is 563. The number of hydrogen-bond acceptors (Lipinski definition) is 3. The fourth-order valence-electron chi connectivity index (χ4n) is 2.77. The Kier molecular flexibility index (Phi) is 3.21. The number of likely N-dealkylation sites (tertiary alicyclic amines) is 1. The summed E-state index contributed by atoms with van der Waals surface area (Å²) < 4.78 is 0. The summed E-state index contributed by atoms with van der Waals surface area (Å²) in [5.41, 5.74) is 9.98. The molecular weight excluding hydrogens is 270 g/mol. The van der Waals surface area contributed by atoms with Gasteiger partial charge in [-0.15, -0.1) is 0 Å². The van der Waals surface area contributed by atoms with Crippen molar-refractivity contribution in [2.45, 2.75) is 25.4 Å². The zero-order chi connectivity index (χ0) is 15.0. The Balaban J connectivity index is 1.73. The molecule has 0 unspecified atom stereocenters. The van der Waals surface area contributed by atoms with Crippen LogP contribution in [0.4, 0.5) is 15.3 Å². The molecule has 0 aliphatic carbocycles. The quantitative estimate of drug-likeness (QED) is 0.717. The second-order valence-electron chi connectivity index (χ2n) is 5.62. The number of primary amides is 1. The van der Waals surface area contributed by atoms with E-state index in [1.165, 1.54) is 5.01 Å². The molecule has 7 nitrogen and oxygen atoms in total. The van der Waals surface area contributed by atoms with Crippen LogP contribution < -0.4 is 21.5 Å². The maximum absolute atomic E-state index is 12.2. The van der Waals surface area contributed by atoms with Crippen LogP contribution in [-0.2, 0) is 0 Å². The molecule has 2 aliphatic heterocycles. The molecule has 3 rings (SSSR count). The number of hydrogen-bond donors (Lipinski definition) is 3. The Morgan fingerprint density at radius 1 is 1.24 bits per heavy atom. The number of benzene rings is 1. The molecule has 0 bridgehead atoms. The van der Waals surface area contributed by atoms with Crippen molar-refractivity contribution in [1.82, 2.24) is 15.6 Å². The smallest absolute Gasteiger partial charge is 0.338 e. The molecule has 2 aliphatic rings. The summed E-state index contributed by atoms with van der Waals surface area (Å²) >= 11 is 0. The minimum absolute atomic E-state index is 0.175. The highest BCUT2D eigenvalue weighted by Crippen LogP contribution is 2.27. The number of nitrogens with one attached hydrogen (secondary N) is 2. The van der Waals surface area contributed by atoms with Gasteiger partial charge in [-0.25, -0.2) is 20.0 Å². The van der Waals surface area contributed by atoms with E-state index in [0.29, 0.717) is 25.9 Å². The number of carbonyl (C=O) groups is 2. The van der Waals surface area contributed by atoms with E-state index in [9.17, 15) is 9.59 Å². The van der Waals surface area contributed by atoms with Gasteiger partial charge in [0.1, 0.15) is 5.66 Å². The number of carbonyl (C=O) groups excluding carboxylic acids is 2. The number of nitrogens with zero attached hydrogens (tertiary/aromatic N) is 2. The van der Waals surface area contributed by atoms with Crippen LogP contribution in [0.3, 0.4) is 0 Å². The largest absolute Gasteiger partial charge is 0.351 e. The van der Waals surface area contributed by atoms with Crippen molar-refractivity contribution in [2.75, 3.05) is 18.1 Å². The summed E-state index contributed by atoms with van der Waals surface area (Å²) in [6, 6.07) is 7.14. The molecule has 2 saturated heterocycles. The first-order valence-corrected chi connectivity index (χ1v) is 7.00. The number of amides is 4. The van der Waals surface area contributed by atoms with Crippen LogP contribution in [0.5, 0.6) is 0 Å². The van der Waals surface area contributed by atoms with Crippen molar-refractivity contribution in [3.05, 3.63) is 29.8 Å². The monoisotopic (exact) mass is 289 g/mol. The first kappa shape index (κ1) is 13.7. The van der Waals surface area contributed by atoms with Crippen LogP contribution >= 0.6 is 0 Å². The number of aryl methyl sites for hydroxylation is 1. The molecule has 4 amide bonds. The summed E-state index contributed by atoms with van der Waals surface area (Å²) in [5.74, 6) is 0. The molecule has 2 fully saturated rings. The molecule has 1 aromatic carbocycles. The van der Waals surface area contributed by atoms with Crippen LogP contribution in [0.1, 0.15) is 18.4 Å². The number of urea groups is 2. The van der Waals surface area contributed by atoms with E-state index in [-0.39, 0.29) is 6.03 Å². The molecule has 0 aromatic heterocycles. The van der Waals surface area contributed by atoms with Crippen LogP contribution in [0.25, 0.3) is 0 Å². The number of rotatable bonds is 1. The van der Waals surface area contributed by atoms with Gasteiger partial charge in [-0.1, -0.05) is 17.7 Å². The van der Waals surface area contributed by atoms with E-state index in [1.54, 1.807) is 4.90 Å². The van der Waals surface area contributed by atoms with Crippen molar-refractivity contribution < 1.29 is 9.59 Å². The number of hydrazine groups is 1. The summed E-state index contributed by atoms with van der Waals surface area (Å²) in [6.07, 6.45) is 1.26. The summed E-state index contributed by atoms with van der Waals surface area (Å²) in [6.45, 7) is 3.07. The maximum Gasteiger partial charge on any atom is 0.338 e. The third-order valence-electron chi connectivity index (χ3n) is 4.10. The van der Waals surface area contributed by atoms with Crippen molar-refractivity contribution in [2.24, 2.45) is 5.73 Å². The average Bonchev–Trinajstić information content (AvgIpc) is 2.77. The zero-order valence-electron chi connectivity index (χ0n) is 11.9. The Hall–Kier alpha value is -2.28. The van der Waals surface area contributed by atoms with Gasteiger partial charge in [0.15, 0.2) is 0 Å². The number of nitrogens with two attached hydrogens (primary N) is 1. The van der Waals surface area contributed by atoms with Crippen molar-refractivity contribution in [3.63, 3.8) is 0 Å². The lowest BCUT2D eigenvalue weighted by molar-refractivity contribution is 0.146. The van der Waals surface area contributed by atoms with Gasteiger partial charge in [0.05, 0.1) is 5.69 Å². The van der Waals surface area contributed by atoms with Crippen LogP contribution in [0.15, 0.2) is 24.3 Å². The molecule has 1 spiro atoms. The average molecular weight is 289 g/mol. The SMILES string of the molecule is Cc1ccc(N2NC3(CCN(C(N)=O)CC3)NC2=O)cc1. The highest BCUT2D eigenvalue weighted by atomic mass is 16.2. The van der Waals surface area contributed by atoms with Gasteiger partial charge in [0.2, 0.25) is 0 Å². The number of anilines is 1. The van der Waals surface area contributed by atoms with Crippen LogP contribution in [0, 0.1) is 6.92 Å². The first-order chi connectivity index (χ1) is 9.99. The lowest BCUT2D eigenvalue weighted by Crippen LogP contribution is -2.59. The van der Waals surface area contributed by atoms with Gasteiger partial charge in [-0.2, -0.15) is 0 Å². The van der Waals surface area contributed by atoms with E-state index >= 15 is 0 Å². The van der Waals surface area contributed by atoms with Gasteiger partial charge >= 0.3 is 12.1 Å². The van der Waals surface area contributed by atoms with E-state index in [2.05, 4.69) is 10.7 Å². The van der Waals surface area contributed by atoms with E-state index in [1.807, 2.05) is 31.2 Å². The molecule has 7 heteroatoms. The molecule has 0 saturated carbocycles. The highest BCUT2D eigenvalue weighted by molar-refractivity contribution is 5.93. The third-order valence-corrected chi connectivity index (χ3v) is 4.10. The summed E-state index contributed by atoms with van der Waals surface area (Å²) in [7, 11) is 0. The highest BCUT2D eigenvalue weighted by Gasteiger charge is 2.45. The molecule has 4 N–H and O–H groups in total. The van der Waals surface area contributed by atoms with Crippen molar-refractivity contribution in [1.29, 1.82) is 0 Å². The zero-order valence-corrected chi connectivity index (χ0v) is 11.9. The molecular formula is C14H19N5O2. The fraction of sp³-hybridized carbons (Fsp3) is 0.429. The Labute approximate surface area is 123 Å². The van der Waals surface area contributed by atoms with E-state index in [4.69, 9.17) is 5.73 Å². The standard InChI is InChI=1S/C14H19N5O2/c1-10-2-4-11(5-3-10)19-13(21)16-14(17-19)6-8-18(9-7-14)12(15)20/h2-5,17H,6-9H2,1H3,(H2,15,20)(H,16,21). The summed E-state index contributed by atoms with van der Waals surface area (Å²) in [5, 5.41) is 4.52. The molecule has 2 heterocycles. The third kappa shape index (κ3) is 2.52. The number of piperidine rings is 1. The Morgan fingerprint density at radius 2 is 1.86 bits per heavy atom. The summed E-state index contributed by atoms with van der Waals surface area (Å²) in [4.78, 5) is 25.0. The normalized spacial score (nSPS) is 20.7. The molecule has 1 aromatic rings. The molecule has 112 valence electrons. The van der Waals surface area contributed by atoms with Gasteiger partial charge in [-0.05, 0) is 19.1 Å². The fourth-order valence-corrected chi connectivity index (χ4v) is 2.77. The molecule has 0 atom stereocenters. The van der Waals surface area contributed by atoms with Crippen LogP contribution in [-0.4, -0.2) is 35.7 Å². The van der Waals surface area contributed by atoms with E-state index in [0.717, 1.165) is 11.3 Å². The second-order valence-corrected chi connectivity index (χ2v) is 5.62. The van der Waals surface area contributed by atoms with Crippen molar-refractivity contribution in [3.8, 4) is 0 Å². The maximum atomic E-state index is 12.2. The lowest BCUT2D eigenvalue weighted by atomic mass is 9.98. The predicted molar refractivity (Wildman–Crippen MR) is 78.4 cm³/mol. The molecule has 21 heavy (non-hydrogen) atoms. The van der Waals surface area contributed by atoms with Gasteiger partial charge in [-0.3, -0.25) is 0 Å². The Morgan fingerprint density at radius 3 is 2.43 bits per heavy atom. The van der Waals surface area contributed by atoms with Gasteiger partial charge < -0.3 is 16.0 Å². The molecule has 0 radical (unpaired) electrons. The van der Waals surface area contributed by atoms with Gasteiger partial charge in [0, 0.05) is 25.9 Å². The van der Waals surface area contributed by atoms with E-state index < -0.39 is 11.7 Å².